The Kier molecular flexibility index (Phi) is 5.71. The van der Waals surface area contributed by atoms with Crippen LogP contribution in [0.4, 0.5) is 0 Å². The lowest BCUT2D eigenvalue weighted by molar-refractivity contribution is 0.411. The minimum atomic E-state index is 0.666. The van der Waals surface area contributed by atoms with Crippen molar-refractivity contribution in [3.63, 3.8) is 0 Å². The maximum atomic E-state index is 5.24. The SMILES string of the molecule is COc1ccc(CNCC(C)SC)cc1C. The van der Waals surface area contributed by atoms with Crippen LogP contribution in [0.25, 0.3) is 0 Å². The van der Waals surface area contributed by atoms with Crippen LogP contribution in [0.1, 0.15) is 18.1 Å². The van der Waals surface area contributed by atoms with Crippen molar-refractivity contribution in [1.29, 1.82) is 0 Å². The monoisotopic (exact) mass is 239 g/mol. The summed E-state index contributed by atoms with van der Waals surface area (Å²) >= 11 is 1.89. The van der Waals surface area contributed by atoms with Gasteiger partial charge in [-0.25, -0.2) is 0 Å². The number of benzene rings is 1. The third-order valence-corrected chi connectivity index (χ3v) is 3.59. The van der Waals surface area contributed by atoms with Crippen LogP contribution in [-0.2, 0) is 6.54 Å². The van der Waals surface area contributed by atoms with Crippen LogP contribution in [0.5, 0.6) is 5.75 Å². The molecule has 0 heterocycles. The average Bonchev–Trinajstić information content (AvgIpc) is 2.29. The highest BCUT2D eigenvalue weighted by Gasteiger charge is 2.01. The maximum Gasteiger partial charge on any atom is 0.121 e. The summed E-state index contributed by atoms with van der Waals surface area (Å²) in [5.41, 5.74) is 2.51. The van der Waals surface area contributed by atoms with Gasteiger partial charge in [0.25, 0.3) is 0 Å². The molecule has 1 atom stereocenters. The molecule has 0 radical (unpaired) electrons. The first-order valence-corrected chi connectivity index (χ1v) is 6.83. The van der Waals surface area contributed by atoms with Gasteiger partial charge in [-0.15, -0.1) is 0 Å². The van der Waals surface area contributed by atoms with Crippen LogP contribution in [0.15, 0.2) is 18.2 Å². The van der Waals surface area contributed by atoms with Crippen LogP contribution < -0.4 is 10.1 Å². The summed E-state index contributed by atoms with van der Waals surface area (Å²) in [6.45, 7) is 6.28. The number of thioether (sulfide) groups is 1. The second-order valence-electron chi connectivity index (χ2n) is 3.98. The predicted octanol–water partition coefficient (Wildman–Crippen LogP) is 2.84. The van der Waals surface area contributed by atoms with E-state index >= 15 is 0 Å². The highest BCUT2D eigenvalue weighted by molar-refractivity contribution is 7.99. The number of aryl methyl sites for hydroxylation is 1. The first-order valence-electron chi connectivity index (χ1n) is 5.54. The molecule has 16 heavy (non-hydrogen) atoms. The summed E-state index contributed by atoms with van der Waals surface area (Å²) in [5, 5.41) is 4.12. The van der Waals surface area contributed by atoms with Crippen molar-refractivity contribution in [2.45, 2.75) is 25.6 Å². The van der Waals surface area contributed by atoms with Gasteiger partial charge in [-0.05, 0) is 30.4 Å². The average molecular weight is 239 g/mol. The second kappa shape index (κ2) is 6.81. The molecule has 0 amide bonds. The molecule has 1 aromatic carbocycles. The number of hydrogen-bond acceptors (Lipinski definition) is 3. The van der Waals surface area contributed by atoms with Crippen LogP contribution >= 0.6 is 11.8 Å². The van der Waals surface area contributed by atoms with Gasteiger partial charge < -0.3 is 10.1 Å². The molecule has 0 bridgehead atoms. The number of nitrogens with one attached hydrogen (secondary N) is 1. The second-order valence-corrected chi connectivity index (χ2v) is 5.26. The Morgan fingerprint density at radius 2 is 2.19 bits per heavy atom. The lowest BCUT2D eigenvalue weighted by Gasteiger charge is -2.11. The Morgan fingerprint density at radius 3 is 2.75 bits per heavy atom. The fraction of sp³-hybridized carbons (Fsp3) is 0.538. The lowest BCUT2D eigenvalue weighted by atomic mass is 10.1. The minimum Gasteiger partial charge on any atom is -0.496 e. The fourth-order valence-corrected chi connectivity index (χ4v) is 1.84. The largest absolute Gasteiger partial charge is 0.496 e. The van der Waals surface area contributed by atoms with Crippen molar-refractivity contribution < 1.29 is 4.74 Å². The molecule has 1 unspecified atom stereocenters. The molecule has 90 valence electrons. The first-order chi connectivity index (χ1) is 7.67. The molecule has 0 aliphatic rings. The molecule has 1 aromatic rings. The standard InChI is InChI=1S/C13H21NOS/c1-10-7-12(5-6-13(10)15-3)9-14-8-11(2)16-4/h5-7,11,14H,8-9H2,1-4H3. The van der Waals surface area contributed by atoms with Gasteiger partial charge in [0.2, 0.25) is 0 Å². The summed E-state index contributed by atoms with van der Waals surface area (Å²) in [4.78, 5) is 0. The molecule has 0 saturated carbocycles. The predicted molar refractivity (Wildman–Crippen MR) is 72.4 cm³/mol. The zero-order valence-electron chi connectivity index (χ0n) is 10.5. The van der Waals surface area contributed by atoms with Gasteiger partial charge in [0.15, 0.2) is 0 Å². The molecule has 0 aliphatic heterocycles. The van der Waals surface area contributed by atoms with E-state index in [2.05, 4.69) is 37.6 Å². The van der Waals surface area contributed by atoms with Crippen LogP contribution in [0.2, 0.25) is 0 Å². The Hall–Kier alpha value is -0.670. The Balaban J connectivity index is 2.46. The first kappa shape index (κ1) is 13.4. The Labute approximate surface area is 103 Å². The topological polar surface area (TPSA) is 21.3 Å². The van der Waals surface area contributed by atoms with E-state index in [1.54, 1.807) is 7.11 Å². The van der Waals surface area contributed by atoms with Gasteiger partial charge in [-0.2, -0.15) is 11.8 Å². The van der Waals surface area contributed by atoms with Crippen molar-refractivity contribution in [2.24, 2.45) is 0 Å². The summed E-state index contributed by atoms with van der Waals surface area (Å²) in [7, 11) is 1.71. The number of ether oxygens (including phenoxy) is 1. The molecule has 0 fully saturated rings. The highest BCUT2D eigenvalue weighted by Crippen LogP contribution is 2.18. The van der Waals surface area contributed by atoms with E-state index in [4.69, 9.17) is 4.74 Å². The van der Waals surface area contributed by atoms with Crippen LogP contribution in [-0.4, -0.2) is 25.2 Å². The third kappa shape index (κ3) is 4.06. The van der Waals surface area contributed by atoms with E-state index in [1.807, 2.05) is 17.8 Å². The lowest BCUT2D eigenvalue weighted by Crippen LogP contribution is -2.22. The zero-order valence-corrected chi connectivity index (χ0v) is 11.4. The molecule has 0 spiro atoms. The number of methoxy groups -OCH3 is 1. The molecule has 0 aliphatic carbocycles. The molecule has 0 saturated heterocycles. The summed E-state index contributed by atoms with van der Waals surface area (Å²) < 4.78 is 5.24. The van der Waals surface area contributed by atoms with Crippen molar-refractivity contribution in [3.05, 3.63) is 29.3 Å². The van der Waals surface area contributed by atoms with Gasteiger partial charge >= 0.3 is 0 Å². The van der Waals surface area contributed by atoms with E-state index in [0.29, 0.717) is 5.25 Å². The van der Waals surface area contributed by atoms with Crippen LogP contribution in [0, 0.1) is 6.92 Å². The Bertz CT molecular complexity index is 328. The molecular formula is C13H21NOS. The van der Waals surface area contributed by atoms with Crippen molar-refractivity contribution >= 4 is 11.8 Å². The summed E-state index contributed by atoms with van der Waals surface area (Å²) in [6, 6.07) is 6.32. The van der Waals surface area contributed by atoms with Gasteiger partial charge in [-0.1, -0.05) is 19.1 Å². The van der Waals surface area contributed by atoms with Crippen molar-refractivity contribution in [1.82, 2.24) is 5.32 Å². The number of hydrogen-bond donors (Lipinski definition) is 1. The Morgan fingerprint density at radius 1 is 1.44 bits per heavy atom. The number of rotatable bonds is 6. The zero-order chi connectivity index (χ0) is 12.0. The molecule has 1 rings (SSSR count). The van der Waals surface area contributed by atoms with Crippen molar-refractivity contribution in [2.75, 3.05) is 19.9 Å². The van der Waals surface area contributed by atoms with E-state index in [1.165, 1.54) is 11.1 Å². The highest BCUT2D eigenvalue weighted by atomic mass is 32.2. The van der Waals surface area contributed by atoms with E-state index in [9.17, 15) is 0 Å². The molecule has 2 nitrogen and oxygen atoms in total. The normalized spacial score (nSPS) is 12.5. The van der Waals surface area contributed by atoms with E-state index in [-0.39, 0.29) is 0 Å². The molecule has 3 heteroatoms. The summed E-state index contributed by atoms with van der Waals surface area (Å²) in [6.07, 6.45) is 2.14. The molecule has 0 aromatic heterocycles. The van der Waals surface area contributed by atoms with Crippen LogP contribution in [0.3, 0.4) is 0 Å². The van der Waals surface area contributed by atoms with Gasteiger partial charge in [0.05, 0.1) is 7.11 Å². The smallest absolute Gasteiger partial charge is 0.121 e. The quantitative estimate of drug-likeness (QED) is 0.825. The van der Waals surface area contributed by atoms with E-state index in [0.717, 1.165) is 18.8 Å². The van der Waals surface area contributed by atoms with Gasteiger partial charge in [0.1, 0.15) is 5.75 Å². The third-order valence-electron chi connectivity index (χ3n) is 2.62. The molecular weight excluding hydrogens is 218 g/mol. The van der Waals surface area contributed by atoms with Crippen molar-refractivity contribution in [3.8, 4) is 5.75 Å². The fourth-order valence-electron chi connectivity index (χ4n) is 1.55. The molecule has 1 N–H and O–H groups in total. The van der Waals surface area contributed by atoms with Gasteiger partial charge in [0, 0.05) is 18.3 Å². The summed E-state index contributed by atoms with van der Waals surface area (Å²) in [5.74, 6) is 0.959. The minimum absolute atomic E-state index is 0.666. The van der Waals surface area contributed by atoms with E-state index < -0.39 is 0 Å². The maximum absolute atomic E-state index is 5.24. The van der Waals surface area contributed by atoms with Gasteiger partial charge in [-0.3, -0.25) is 0 Å².